The molecule has 0 aromatic rings. The van der Waals surface area contributed by atoms with Gasteiger partial charge in [-0.25, -0.2) is 0 Å². The number of oxime groups is 1. The molecule has 1 rings (SSSR count). The molecule has 0 spiro atoms. The standard InChI is InChI=1S/C9H17N3O3/c1-6(7-3-2-4-15-7)11-9(13)5-8(10)12-14/h6-7,14H,2-5H2,1H3,(H2,10,12)(H,11,13). The van der Waals surface area contributed by atoms with Crippen LogP contribution >= 0.6 is 0 Å². The fraction of sp³-hybridized carbons (Fsp3) is 0.778. The summed E-state index contributed by atoms with van der Waals surface area (Å²) in [5.41, 5.74) is 5.21. The molecule has 0 bridgehead atoms. The number of nitrogens with two attached hydrogens (primary N) is 1. The molecule has 0 radical (unpaired) electrons. The molecule has 1 aliphatic rings. The number of nitrogens with one attached hydrogen (secondary N) is 1. The second-order valence-corrected chi connectivity index (χ2v) is 3.68. The van der Waals surface area contributed by atoms with Crippen molar-refractivity contribution in [3.63, 3.8) is 0 Å². The fourth-order valence-corrected chi connectivity index (χ4v) is 1.59. The van der Waals surface area contributed by atoms with Gasteiger partial charge in [0.15, 0.2) is 0 Å². The highest BCUT2D eigenvalue weighted by molar-refractivity contribution is 5.98. The van der Waals surface area contributed by atoms with Crippen molar-refractivity contribution in [2.75, 3.05) is 6.61 Å². The summed E-state index contributed by atoms with van der Waals surface area (Å²) >= 11 is 0. The number of nitrogens with zero attached hydrogens (tertiary/aromatic N) is 1. The number of carbonyl (C=O) groups excluding carboxylic acids is 1. The lowest BCUT2D eigenvalue weighted by Crippen LogP contribution is -2.42. The second kappa shape index (κ2) is 5.55. The van der Waals surface area contributed by atoms with Crippen molar-refractivity contribution < 1.29 is 14.7 Å². The second-order valence-electron chi connectivity index (χ2n) is 3.68. The quantitative estimate of drug-likeness (QED) is 0.262. The van der Waals surface area contributed by atoms with Crippen LogP contribution in [0.4, 0.5) is 0 Å². The zero-order valence-corrected chi connectivity index (χ0v) is 8.77. The van der Waals surface area contributed by atoms with Gasteiger partial charge in [-0.05, 0) is 19.8 Å². The molecule has 1 heterocycles. The monoisotopic (exact) mass is 215 g/mol. The summed E-state index contributed by atoms with van der Waals surface area (Å²) < 4.78 is 5.42. The lowest BCUT2D eigenvalue weighted by atomic mass is 10.1. The van der Waals surface area contributed by atoms with Crippen LogP contribution in [0, 0.1) is 0 Å². The Morgan fingerprint density at radius 2 is 2.53 bits per heavy atom. The Hall–Kier alpha value is -1.30. The Kier molecular flexibility index (Phi) is 4.36. The summed E-state index contributed by atoms with van der Waals surface area (Å²) in [5, 5.41) is 13.8. The van der Waals surface area contributed by atoms with Crippen LogP contribution < -0.4 is 11.1 Å². The minimum Gasteiger partial charge on any atom is -0.409 e. The third-order valence-corrected chi connectivity index (χ3v) is 2.38. The molecule has 1 aliphatic heterocycles. The first-order valence-corrected chi connectivity index (χ1v) is 5.01. The van der Waals surface area contributed by atoms with Gasteiger partial charge < -0.3 is 21.0 Å². The highest BCUT2D eigenvalue weighted by Gasteiger charge is 2.23. The lowest BCUT2D eigenvalue weighted by Gasteiger charge is -2.19. The van der Waals surface area contributed by atoms with Gasteiger partial charge in [-0.3, -0.25) is 4.79 Å². The molecule has 0 aromatic heterocycles. The van der Waals surface area contributed by atoms with Gasteiger partial charge in [0.05, 0.1) is 18.6 Å². The van der Waals surface area contributed by atoms with Crippen molar-refractivity contribution in [1.82, 2.24) is 5.32 Å². The van der Waals surface area contributed by atoms with Crippen LogP contribution in [0.3, 0.4) is 0 Å². The van der Waals surface area contributed by atoms with E-state index in [2.05, 4.69) is 10.5 Å². The van der Waals surface area contributed by atoms with Crippen LogP contribution in [-0.4, -0.2) is 35.7 Å². The van der Waals surface area contributed by atoms with Crippen molar-refractivity contribution in [3.05, 3.63) is 0 Å². The Bertz CT molecular complexity index is 249. The molecule has 0 saturated carbocycles. The van der Waals surface area contributed by atoms with E-state index in [-0.39, 0.29) is 30.3 Å². The molecular weight excluding hydrogens is 198 g/mol. The normalized spacial score (nSPS) is 23.8. The van der Waals surface area contributed by atoms with E-state index in [4.69, 9.17) is 15.7 Å². The predicted octanol–water partition coefficient (Wildman–Crippen LogP) is -0.193. The average molecular weight is 215 g/mol. The van der Waals surface area contributed by atoms with Gasteiger partial charge in [-0.2, -0.15) is 0 Å². The van der Waals surface area contributed by atoms with Crippen LogP contribution in [0.25, 0.3) is 0 Å². The van der Waals surface area contributed by atoms with Crippen molar-refractivity contribution in [2.24, 2.45) is 10.9 Å². The summed E-state index contributed by atoms with van der Waals surface area (Å²) in [6.07, 6.45) is 1.99. The Morgan fingerprint density at radius 1 is 1.80 bits per heavy atom. The van der Waals surface area contributed by atoms with Crippen molar-refractivity contribution in [1.29, 1.82) is 0 Å². The van der Waals surface area contributed by atoms with E-state index >= 15 is 0 Å². The van der Waals surface area contributed by atoms with E-state index in [1.807, 2.05) is 6.92 Å². The minimum atomic E-state index is -0.256. The molecule has 2 unspecified atom stereocenters. The molecule has 1 fully saturated rings. The van der Waals surface area contributed by atoms with E-state index in [9.17, 15) is 4.79 Å². The number of rotatable bonds is 4. The number of carbonyl (C=O) groups is 1. The summed E-state index contributed by atoms with van der Waals surface area (Å²) in [5.74, 6) is -0.347. The van der Waals surface area contributed by atoms with Gasteiger partial charge in [0.2, 0.25) is 5.91 Å². The van der Waals surface area contributed by atoms with Gasteiger partial charge in [0.1, 0.15) is 5.84 Å². The first-order chi connectivity index (χ1) is 7.13. The van der Waals surface area contributed by atoms with Gasteiger partial charge in [0, 0.05) is 6.61 Å². The lowest BCUT2D eigenvalue weighted by molar-refractivity contribution is -0.121. The molecular formula is C9H17N3O3. The van der Waals surface area contributed by atoms with Crippen LogP contribution in [0.2, 0.25) is 0 Å². The first kappa shape index (κ1) is 11.8. The maximum atomic E-state index is 11.3. The zero-order valence-electron chi connectivity index (χ0n) is 8.77. The van der Waals surface area contributed by atoms with Gasteiger partial charge in [-0.1, -0.05) is 5.16 Å². The Labute approximate surface area is 88.5 Å². The Morgan fingerprint density at radius 3 is 3.07 bits per heavy atom. The number of hydrogen-bond donors (Lipinski definition) is 3. The SMILES string of the molecule is CC(NC(=O)C/C(N)=N/O)C1CCCO1. The molecule has 6 heteroatoms. The zero-order chi connectivity index (χ0) is 11.3. The molecule has 2 atom stereocenters. The molecule has 1 saturated heterocycles. The Balaban J connectivity index is 2.30. The topological polar surface area (TPSA) is 96.9 Å². The third kappa shape index (κ3) is 3.75. The molecule has 1 amide bonds. The van der Waals surface area contributed by atoms with E-state index in [1.54, 1.807) is 0 Å². The molecule has 6 nitrogen and oxygen atoms in total. The largest absolute Gasteiger partial charge is 0.409 e. The summed E-state index contributed by atoms with van der Waals surface area (Å²) in [6.45, 7) is 2.64. The number of amidine groups is 1. The van der Waals surface area contributed by atoms with Crippen molar-refractivity contribution >= 4 is 11.7 Å². The molecule has 0 aromatic carbocycles. The van der Waals surface area contributed by atoms with Crippen molar-refractivity contribution in [2.45, 2.75) is 38.3 Å². The van der Waals surface area contributed by atoms with Gasteiger partial charge in [-0.15, -0.1) is 0 Å². The smallest absolute Gasteiger partial charge is 0.227 e. The highest BCUT2D eigenvalue weighted by Crippen LogP contribution is 2.15. The highest BCUT2D eigenvalue weighted by atomic mass is 16.5. The maximum Gasteiger partial charge on any atom is 0.227 e. The van der Waals surface area contributed by atoms with Crippen molar-refractivity contribution in [3.8, 4) is 0 Å². The van der Waals surface area contributed by atoms with Crippen LogP contribution in [0.1, 0.15) is 26.2 Å². The molecule has 0 aliphatic carbocycles. The first-order valence-electron chi connectivity index (χ1n) is 5.01. The molecule has 4 N–H and O–H groups in total. The van der Waals surface area contributed by atoms with Crippen LogP contribution in [0.5, 0.6) is 0 Å². The average Bonchev–Trinajstić information content (AvgIpc) is 2.70. The summed E-state index contributed by atoms with van der Waals surface area (Å²) in [6, 6.07) is -0.0357. The fourth-order valence-electron chi connectivity index (χ4n) is 1.59. The van der Waals surface area contributed by atoms with E-state index < -0.39 is 0 Å². The van der Waals surface area contributed by atoms with Gasteiger partial charge in [0.25, 0.3) is 0 Å². The predicted molar refractivity (Wildman–Crippen MR) is 54.6 cm³/mol. The van der Waals surface area contributed by atoms with E-state index in [1.165, 1.54) is 0 Å². The molecule has 86 valence electrons. The van der Waals surface area contributed by atoms with Gasteiger partial charge >= 0.3 is 0 Å². The minimum absolute atomic E-state index is 0.0357. The summed E-state index contributed by atoms with van der Waals surface area (Å²) in [4.78, 5) is 11.3. The number of amides is 1. The third-order valence-electron chi connectivity index (χ3n) is 2.38. The van der Waals surface area contributed by atoms with E-state index in [0.717, 1.165) is 19.4 Å². The van der Waals surface area contributed by atoms with Crippen LogP contribution in [0.15, 0.2) is 5.16 Å². The van der Waals surface area contributed by atoms with E-state index in [0.29, 0.717) is 0 Å². The summed E-state index contributed by atoms with van der Waals surface area (Å²) in [7, 11) is 0. The number of ether oxygens (including phenoxy) is 1. The molecule has 15 heavy (non-hydrogen) atoms. The number of hydrogen-bond acceptors (Lipinski definition) is 4. The van der Waals surface area contributed by atoms with Crippen LogP contribution in [-0.2, 0) is 9.53 Å². The maximum absolute atomic E-state index is 11.3.